The summed E-state index contributed by atoms with van der Waals surface area (Å²) in [6.45, 7) is 5.35. The molecule has 1 fully saturated rings. The number of carbonyl (C=O) groups excluding carboxylic acids is 1. The lowest BCUT2D eigenvalue weighted by Gasteiger charge is -2.42. The van der Waals surface area contributed by atoms with Crippen molar-refractivity contribution in [3.63, 3.8) is 0 Å². The molecule has 1 N–H and O–H groups in total. The Labute approximate surface area is 147 Å². The zero-order valence-electron chi connectivity index (χ0n) is 14.7. The highest BCUT2D eigenvalue weighted by Gasteiger charge is 2.37. The van der Waals surface area contributed by atoms with Crippen LogP contribution in [0.15, 0.2) is 30.3 Å². The third-order valence-corrected chi connectivity index (χ3v) is 5.37. The third kappa shape index (κ3) is 2.95. The standard InChI is InChI=1S/C20H23N3O2/c1-14-17(15(2)22-21-14)13-19(24)23-11-9-20(10-12-23)8-7-16-5-3-4-6-18(16)25-20/h3-8H,9-13H2,1-2H3,(H,21,22). The molecule has 130 valence electrons. The van der Waals surface area contributed by atoms with E-state index in [2.05, 4.69) is 28.4 Å². The van der Waals surface area contributed by atoms with Crippen LogP contribution in [0, 0.1) is 13.8 Å². The maximum atomic E-state index is 12.7. The van der Waals surface area contributed by atoms with E-state index in [9.17, 15) is 4.79 Å². The number of amides is 1. The first kappa shape index (κ1) is 15.9. The van der Waals surface area contributed by atoms with Crippen molar-refractivity contribution in [2.24, 2.45) is 0 Å². The van der Waals surface area contributed by atoms with E-state index in [1.165, 1.54) is 0 Å². The molecule has 2 aliphatic rings. The van der Waals surface area contributed by atoms with Gasteiger partial charge in [-0.15, -0.1) is 0 Å². The molecule has 1 aromatic heterocycles. The van der Waals surface area contributed by atoms with Gasteiger partial charge in [0.15, 0.2) is 0 Å². The van der Waals surface area contributed by atoms with Crippen molar-refractivity contribution in [3.05, 3.63) is 52.9 Å². The Hall–Kier alpha value is -2.56. The number of ether oxygens (including phenoxy) is 1. The van der Waals surface area contributed by atoms with Gasteiger partial charge in [-0.1, -0.05) is 24.3 Å². The molecular formula is C20H23N3O2. The number of hydrogen-bond acceptors (Lipinski definition) is 3. The van der Waals surface area contributed by atoms with E-state index in [0.29, 0.717) is 6.42 Å². The minimum atomic E-state index is -0.271. The number of H-pyrrole nitrogens is 1. The average Bonchev–Trinajstić information content (AvgIpc) is 2.94. The minimum absolute atomic E-state index is 0.169. The highest BCUT2D eigenvalue weighted by molar-refractivity contribution is 5.79. The van der Waals surface area contributed by atoms with Gasteiger partial charge in [-0.25, -0.2) is 0 Å². The molecule has 5 heteroatoms. The second kappa shape index (κ2) is 6.06. The number of carbonyl (C=O) groups is 1. The minimum Gasteiger partial charge on any atom is -0.482 e. The molecule has 2 aliphatic heterocycles. The van der Waals surface area contributed by atoms with E-state index in [4.69, 9.17) is 4.74 Å². The summed E-state index contributed by atoms with van der Waals surface area (Å²) in [5.74, 6) is 1.11. The van der Waals surface area contributed by atoms with Crippen LogP contribution in [0.5, 0.6) is 5.75 Å². The molecule has 1 amide bonds. The van der Waals surface area contributed by atoms with Crippen LogP contribution < -0.4 is 4.74 Å². The van der Waals surface area contributed by atoms with Gasteiger partial charge in [0.25, 0.3) is 0 Å². The first-order valence-electron chi connectivity index (χ1n) is 8.82. The largest absolute Gasteiger partial charge is 0.482 e. The molecular weight excluding hydrogens is 314 g/mol. The fraction of sp³-hybridized carbons (Fsp3) is 0.400. The fourth-order valence-corrected chi connectivity index (χ4v) is 3.71. The number of nitrogens with zero attached hydrogens (tertiary/aromatic N) is 2. The highest BCUT2D eigenvalue weighted by atomic mass is 16.5. The molecule has 0 atom stereocenters. The topological polar surface area (TPSA) is 58.2 Å². The van der Waals surface area contributed by atoms with E-state index in [-0.39, 0.29) is 11.5 Å². The summed E-state index contributed by atoms with van der Waals surface area (Å²) in [5, 5.41) is 7.13. The predicted octanol–water partition coefficient (Wildman–Crippen LogP) is 3.04. The number of fused-ring (bicyclic) bond motifs is 1. The Bertz CT molecular complexity index is 810. The van der Waals surface area contributed by atoms with Crippen LogP contribution in [0.2, 0.25) is 0 Å². The molecule has 0 unspecified atom stereocenters. The normalized spacial score (nSPS) is 18.1. The van der Waals surface area contributed by atoms with Crippen molar-refractivity contribution in [2.75, 3.05) is 13.1 Å². The van der Waals surface area contributed by atoms with E-state index >= 15 is 0 Å². The van der Waals surface area contributed by atoms with Gasteiger partial charge in [-0.05, 0) is 26.0 Å². The van der Waals surface area contributed by atoms with Crippen molar-refractivity contribution in [1.82, 2.24) is 15.1 Å². The first-order valence-corrected chi connectivity index (χ1v) is 8.82. The summed E-state index contributed by atoms with van der Waals surface area (Å²) in [6.07, 6.45) is 6.39. The quantitative estimate of drug-likeness (QED) is 0.916. The summed E-state index contributed by atoms with van der Waals surface area (Å²) in [4.78, 5) is 14.6. The van der Waals surface area contributed by atoms with Gasteiger partial charge in [-0.3, -0.25) is 9.89 Å². The summed E-state index contributed by atoms with van der Waals surface area (Å²) in [5.41, 5.74) is 3.77. The molecule has 1 spiro atoms. The molecule has 2 aromatic rings. The lowest BCUT2D eigenvalue weighted by Crippen LogP contribution is -2.49. The number of hydrogen-bond donors (Lipinski definition) is 1. The Balaban J connectivity index is 1.41. The van der Waals surface area contributed by atoms with Crippen molar-refractivity contribution in [1.29, 1.82) is 0 Å². The average molecular weight is 337 g/mol. The number of likely N-dealkylation sites (tertiary alicyclic amines) is 1. The number of aromatic nitrogens is 2. The van der Waals surface area contributed by atoms with Crippen molar-refractivity contribution < 1.29 is 9.53 Å². The van der Waals surface area contributed by atoms with Gasteiger partial charge >= 0.3 is 0 Å². The summed E-state index contributed by atoms with van der Waals surface area (Å²) in [7, 11) is 0. The van der Waals surface area contributed by atoms with Crippen LogP contribution in [0.1, 0.15) is 35.4 Å². The van der Waals surface area contributed by atoms with E-state index in [1.54, 1.807) is 0 Å². The zero-order chi connectivity index (χ0) is 17.4. The number of benzene rings is 1. The van der Waals surface area contributed by atoms with Crippen LogP contribution >= 0.6 is 0 Å². The van der Waals surface area contributed by atoms with Crippen LogP contribution in [0.25, 0.3) is 6.08 Å². The number of aryl methyl sites for hydroxylation is 2. The molecule has 4 rings (SSSR count). The number of rotatable bonds is 2. The summed E-state index contributed by atoms with van der Waals surface area (Å²) < 4.78 is 6.29. The number of aromatic amines is 1. The second-order valence-electron chi connectivity index (χ2n) is 7.01. The third-order valence-electron chi connectivity index (χ3n) is 5.37. The van der Waals surface area contributed by atoms with Gasteiger partial charge in [0.05, 0.1) is 12.1 Å². The Morgan fingerprint density at radius 2 is 2.04 bits per heavy atom. The highest BCUT2D eigenvalue weighted by Crippen LogP contribution is 2.37. The van der Waals surface area contributed by atoms with Gasteiger partial charge in [0, 0.05) is 42.8 Å². The summed E-state index contributed by atoms with van der Waals surface area (Å²) in [6, 6.07) is 8.10. The van der Waals surface area contributed by atoms with E-state index in [1.807, 2.05) is 36.9 Å². The van der Waals surface area contributed by atoms with E-state index in [0.717, 1.165) is 54.2 Å². The predicted molar refractivity (Wildman–Crippen MR) is 96.4 cm³/mol. The molecule has 0 aliphatic carbocycles. The van der Waals surface area contributed by atoms with Gasteiger partial charge in [0.1, 0.15) is 11.4 Å². The molecule has 25 heavy (non-hydrogen) atoms. The number of nitrogens with one attached hydrogen (secondary N) is 1. The SMILES string of the molecule is Cc1n[nH]c(C)c1CC(=O)N1CCC2(C=Cc3ccccc3O2)CC1. The zero-order valence-corrected chi connectivity index (χ0v) is 14.7. The smallest absolute Gasteiger partial charge is 0.227 e. The number of piperidine rings is 1. The Kier molecular flexibility index (Phi) is 3.86. The van der Waals surface area contributed by atoms with Gasteiger partial charge in [-0.2, -0.15) is 5.10 Å². The lowest BCUT2D eigenvalue weighted by molar-refractivity contribution is -0.133. The lowest BCUT2D eigenvalue weighted by atomic mass is 9.88. The van der Waals surface area contributed by atoms with E-state index < -0.39 is 0 Å². The fourth-order valence-electron chi connectivity index (χ4n) is 3.71. The summed E-state index contributed by atoms with van der Waals surface area (Å²) >= 11 is 0. The Morgan fingerprint density at radius 3 is 2.76 bits per heavy atom. The van der Waals surface area contributed by atoms with Gasteiger partial charge in [0.2, 0.25) is 5.91 Å². The molecule has 0 radical (unpaired) electrons. The Morgan fingerprint density at radius 1 is 1.28 bits per heavy atom. The van der Waals surface area contributed by atoms with Crippen LogP contribution in [0.3, 0.4) is 0 Å². The molecule has 0 bridgehead atoms. The monoisotopic (exact) mass is 337 g/mol. The van der Waals surface area contributed by atoms with Crippen molar-refractivity contribution in [2.45, 2.75) is 38.7 Å². The molecule has 5 nitrogen and oxygen atoms in total. The first-order chi connectivity index (χ1) is 12.1. The molecule has 1 aromatic carbocycles. The second-order valence-corrected chi connectivity index (χ2v) is 7.01. The molecule has 0 saturated carbocycles. The molecule has 1 saturated heterocycles. The van der Waals surface area contributed by atoms with Crippen LogP contribution in [-0.2, 0) is 11.2 Å². The maximum absolute atomic E-state index is 12.7. The number of para-hydroxylation sites is 1. The van der Waals surface area contributed by atoms with Crippen molar-refractivity contribution in [3.8, 4) is 5.75 Å². The van der Waals surface area contributed by atoms with Crippen molar-refractivity contribution >= 4 is 12.0 Å². The molecule has 3 heterocycles. The van der Waals surface area contributed by atoms with Crippen LogP contribution in [0.4, 0.5) is 0 Å². The van der Waals surface area contributed by atoms with Gasteiger partial charge < -0.3 is 9.64 Å². The van der Waals surface area contributed by atoms with Crippen LogP contribution in [-0.4, -0.2) is 39.7 Å². The maximum Gasteiger partial charge on any atom is 0.227 e.